The van der Waals surface area contributed by atoms with Crippen LogP contribution in [0.3, 0.4) is 0 Å². The Hall–Kier alpha value is -3.68. The lowest BCUT2D eigenvalue weighted by molar-refractivity contribution is 0.0531. The number of nitrogens with zero attached hydrogens (tertiary/aromatic N) is 4. The number of carbonyl (C=O) groups is 2. The van der Waals surface area contributed by atoms with Crippen molar-refractivity contribution in [1.82, 2.24) is 19.8 Å². The Kier molecular flexibility index (Phi) is 5.94. The molecule has 0 N–H and O–H groups in total. The lowest BCUT2D eigenvalue weighted by atomic mass is 10.1. The summed E-state index contributed by atoms with van der Waals surface area (Å²) < 4.78 is 10.7. The zero-order valence-electron chi connectivity index (χ0n) is 18.7. The quantitative estimate of drug-likeness (QED) is 0.628. The molecule has 0 aliphatic carbocycles. The third-order valence-electron chi connectivity index (χ3n) is 5.82. The van der Waals surface area contributed by atoms with Gasteiger partial charge in [0.1, 0.15) is 17.1 Å². The van der Waals surface area contributed by atoms with E-state index in [2.05, 4.69) is 9.97 Å². The van der Waals surface area contributed by atoms with Crippen LogP contribution < -0.4 is 9.47 Å². The Morgan fingerprint density at radius 2 is 1.31 bits per heavy atom. The monoisotopic (exact) mass is 434 g/mol. The molecule has 3 aromatic rings. The number of fused-ring (bicyclic) bond motifs is 1. The number of benzene rings is 2. The van der Waals surface area contributed by atoms with Gasteiger partial charge in [-0.05, 0) is 44.2 Å². The lowest BCUT2D eigenvalue weighted by Crippen LogP contribution is -2.50. The van der Waals surface area contributed by atoms with E-state index < -0.39 is 0 Å². The third-order valence-corrected chi connectivity index (χ3v) is 5.82. The van der Waals surface area contributed by atoms with Crippen LogP contribution in [0.2, 0.25) is 0 Å². The number of hydrogen-bond donors (Lipinski definition) is 0. The van der Waals surface area contributed by atoms with E-state index in [4.69, 9.17) is 9.47 Å². The molecule has 0 saturated carbocycles. The molecule has 2 amide bonds. The molecule has 8 heteroatoms. The van der Waals surface area contributed by atoms with Gasteiger partial charge in [-0.1, -0.05) is 6.07 Å². The molecule has 0 atom stereocenters. The summed E-state index contributed by atoms with van der Waals surface area (Å²) in [7, 11) is 3.05. The van der Waals surface area contributed by atoms with Gasteiger partial charge in [0, 0.05) is 31.7 Å². The third kappa shape index (κ3) is 3.95. The highest BCUT2D eigenvalue weighted by Gasteiger charge is 2.29. The fourth-order valence-electron chi connectivity index (χ4n) is 3.88. The van der Waals surface area contributed by atoms with Crippen LogP contribution in [-0.2, 0) is 0 Å². The zero-order chi connectivity index (χ0) is 22.8. The van der Waals surface area contributed by atoms with Crippen LogP contribution in [0, 0.1) is 13.8 Å². The molecule has 8 nitrogen and oxygen atoms in total. The minimum atomic E-state index is -0.168. The molecule has 1 aromatic heterocycles. The van der Waals surface area contributed by atoms with Crippen molar-refractivity contribution in [3.05, 3.63) is 58.9 Å². The normalized spacial score (nSPS) is 13.9. The lowest BCUT2D eigenvalue weighted by Gasteiger charge is -2.35. The molecule has 1 aliphatic heterocycles. The molecule has 2 heterocycles. The van der Waals surface area contributed by atoms with E-state index in [1.165, 1.54) is 14.2 Å². The number of piperazine rings is 1. The SMILES string of the molecule is COc1cccc(OC)c1C(=O)N1CCN(C(=O)c2ccc3nc(C)c(C)nc3c2)CC1. The van der Waals surface area contributed by atoms with Gasteiger partial charge in [-0.25, -0.2) is 9.97 Å². The number of ether oxygens (including phenoxy) is 2. The van der Waals surface area contributed by atoms with Crippen molar-refractivity contribution in [2.45, 2.75) is 13.8 Å². The molecular formula is C24H26N4O4. The highest BCUT2D eigenvalue weighted by molar-refractivity contribution is 6.00. The van der Waals surface area contributed by atoms with E-state index in [-0.39, 0.29) is 11.8 Å². The van der Waals surface area contributed by atoms with E-state index in [9.17, 15) is 9.59 Å². The van der Waals surface area contributed by atoms with Crippen molar-refractivity contribution >= 4 is 22.8 Å². The smallest absolute Gasteiger partial charge is 0.261 e. The Bertz CT molecular complexity index is 1160. The van der Waals surface area contributed by atoms with E-state index in [1.54, 1.807) is 40.1 Å². The maximum absolute atomic E-state index is 13.2. The summed E-state index contributed by atoms with van der Waals surface area (Å²) >= 11 is 0. The number of rotatable bonds is 4. The fourth-order valence-corrected chi connectivity index (χ4v) is 3.88. The molecule has 166 valence electrons. The van der Waals surface area contributed by atoms with Gasteiger partial charge in [-0.15, -0.1) is 0 Å². The second-order valence-corrected chi connectivity index (χ2v) is 7.72. The van der Waals surface area contributed by atoms with Gasteiger partial charge in [-0.2, -0.15) is 0 Å². The molecule has 1 fully saturated rings. The summed E-state index contributed by atoms with van der Waals surface area (Å²) in [5, 5.41) is 0. The molecule has 2 aromatic carbocycles. The second kappa shape index (κ2) is 8.82. The first-order chi connectivity index (χ1) is 15.4. The van der Waals surface area contributed by atoms with E-state index in [0.29, 0.717) is 54.3 Å². The highest BCUT2D eigenvalue weighted by atomic mass is 16.5. The Balaban J connectivity index is 1.48. The molecule has 4 rings (SSSR count). The van der Waals surface area contributed by atoms with Crippen LogP contribution >= 0.6 is 0 Å². The Labute approximate surface area is 186 Å². The van der Waals surface area contributed by atoms with Crippen molar-refractivity contribution in [2.75, 3.05) is 40.4 Å². The second-order valence-electron chi connectivity index (χ2n) is 7.72. The van der Waals surface area contributed by atoms with Crippen LogP contribution in [0.15, 0.2) is 36.4 Å². The predicted molar refractivity (Wildman–Crippen MR) is 120 cm³/mol. The molecular weight excluding hydrogens is 408 g/mol. The van der Waals surface area contributed by atoms with Gasteiger partial charge >= 0.3 is 0 Å². The van der Waals surface area contributed by atoms with Crippen LogP contribution in [0.5, 0.6) is 11.5 Å². The molecule has 0 radical (unpaired) electrons. The summed E-state index contributed by atoms with van der Waals surface area (Å²) in [6.45, 7) is 5.57. The first-order valence-corrected chi connectivity index (χ1v) is 10.5. The van der Waals surface area contributed by atoms with Crippen molar-refractivity contribution in [1.29, 1.82) is 0 Å². The van der Waals surface area contributed by atoms with E-state index in [0.717, 1.165) is 16.9 Å². The Morgan fingerprint density at radius 1 is 0.781 bits per heavy atom. The highest BCUT2D eigenvalue weighted by Crippen LogP contribution is 2.30. The number of carbonyl (C=O) groups excluding carboxylic acids is 2. The molecule has 1 aliphatic rings. The average Bonchev–Trinajstić information content (AvgIpc) is 2.83. The maximum Gasteiger partial charge on any atom is 0.261 e. The summed E-state index contributed by atoms with van der Waals surface area (Å²) in [5.41, 5.74) is 4.17. The topological polar surface area (TPSA) is 84.9 Å². The van der Waals surface area contributed by atoms with Crippen LogP contribution in [0.4, 0.5) is 0 Å². The number of aromatic nitrogens is 2. The van der Waals surface area contributed by atoms with Crippen LogP contribution in [0.1, 0.15) is 32.1 Å². The number of hydrogen-bond acceptors (Lipinski definition) is 6. The summed E-state index contributed by atoms with van der Waals surface area (Å²) in [4.78, 5) is 38.8. The largest absolute Gasteiger partial charge is 0.496 e. The zero-order valence-corrected chi connectivity index (χ0v) is 18.7. The van der Waals surface area contributed by atoms with Crippen molar-refractivity contribution in [3.8, 4) is 11.5 Å². The minimum absolute atomic E-state index is 0.0751. The minimum Gasteiger partial charge on any atom is -0.496 e. The summed E-state index contributed by atoms with van der Waals surface area (Å²) in [5.74, 6) is 0.693. The first-order valence-electron chi connectivity index (χ1n) is 10.5. The van der Waals surface area contributed by atoms with E-state index in [1.807, 2.05) is 19.9 Å². The summed E-state index contributed by atoms with van der Waals surface area (Å²) in [6, 6.07) is 10.7. The maximum atomic E-state index is 13.2. The van der Waals surface area contributed by atoms with Crippen LogP contribution in [0.25, 0.3) is 11.0 Å². The van der Waals surface area contributed by atoms with E-state index >= 15 is 0 Å². The Morgan fingerprint density at radius 3 is 1.88 bits per heavy atom. The molecule has 0 bridgehead atoms. The van der Waals surface area contributed by atoms with Gasteiger partial charge in [0.05, 0.1) is 36.6 Å². The van der Waals surface area contributed by atoms with Gasteiger partial charge < -0.3 is 19.3 Å². The molecule has 0 unspecified atom stereocenters. The van der Waals surface area contributed by atoms with Crippen molar-refractivity contribution < 1.29 is 19.1 Å². The number of methoxy groups -OCH3 is 2. The van der Waals surface area contributed by atoms with Gasteiger partial charge in [-0.3, -0.25) is 9.59 Å². The van der Waals surface area contributed by atoms with Crippen LogP contribution in [-0.4, -0.2) is 72.0 Å². The first kappa shape index (κ1) is 21.5. The molecule has 1 saturated heterocycles. The average molecular weight is 434 g/mol. The number of aryl methyl sites for hydroxylation is 2. The predicted octanol–water partition coefficient (Wildman–Crippen LogP) is 2.86. The summed E-state index contributed by atoms with van der Waals surface area (Å²) in [6.07, 6.45) is 0. The number of amides is 2. The fraction of sp³-hybridized carbons (Fsp3) is 0.333. The standard InChI is InChI=1S/C24H26N4O4/c1-15-16(2)26-19-14-17(8-9-18(19)25-15)23(29)27-10-12-28(13-11-27)24(30)22-20(31-3)6-5-7-21(22)32-4/h5-9,14H,10-13H2,1-4H3. The van der Waals surface area contributed by atoms with Gasteiger partial charge in [0.15, 0.2) is 0 Å². The van der Waals surface area contributed by atoms with Gasteiger partial charge in [0.2, 0.25) is 0 Å². The van der Waals surface area contributed by atoms with Crippen molar-refractivity contribution in [3.63, 3.8) is 0 Å². The van der Waals surface area contributed by atoms with Gasteiger partial charge in [0.25, 0.3) is 11.8 Å². The molecule has 0 spiro atoms. The van der Waals surface area contributed by atoms with Crippen molar-refractivity contribution in [2.24, 2.45) is 0 Å². The molecule has 32 heavy (non-hydrogen) atoms.